The van der Waals surface area contributed by atoms with Gasteiger partial charge in [-0.2, -0.15) is 0 Å². The minimum Gasteiger partial charge on any atom is -0.463 e. The van der Waals surface area contributed by atoms with E-state index < -0.39 is 5.60 Å². The fourth-order valence-electron chi connectivity index (χ4n) is 3.71. The first-order chi connectivity index (χ1) is 13.1. The standard InChI is InChI=1S/C23H35NO4/c1-15(2)27-22(26)19-14-18(21(25)28-23(4,5)6)12-13-20(19)24-16(3)17-10-8-7-9-11-17/h7-11,15-16,18-20,24H,12-14H2,1-6H3/t16-,18+,19+,20-/m0/s1. The van der Waals surface area contributed by atoms with Crippen molar-refractivity contribution in [3.05, 3.63) is 35.9 Å². The summed E-state index contributed by atoms with van der Waals surface area (Å²) in [6.07, 6.45) is 1.72. The second-order valence-electron chi connectivity index (χ2n) is 9.04. The van der Waals surface area contributed by atoms with Gasteiger partial charge in [-0.1, -0.05) is 30.3 Å². The number of carbonyl (C=O) groups excluding carboxylic acids is 2. The van der Waals surface area contributed by atoms with Crippen molar-refractivity contribution in [1.29, 1.82) is 0 Å². The van der Waals surface area contributed by atoms with E-state index in [1.54, 1.807) is 0 Å². The molecular weight excluding hydrogens is 354 g/mol. The maximum Gasteiger partial charge on any atom is 0.310 e. The van der Waals surface area contributed by atoms with Crippen molar-refractivity contribution < 1.29 is 19.1 Å². The SMILES string of the molecule is CC(C)OC(=O)[C@@H]1C[C@H](C(=O)OC(C)(C)C)CC[C@@H]1N[C@@H](C)c1ccccc1. The maximum absolute atomic E-state index is 12.8. The van der Waals surface area contributed by atoms with Crippen LogP contribution in [0.5, 0.6) is 0 Å². The molecule has 0 radical (unpaired) electrons. The minimum absolute atomic E-state index is 0.0276. The van der Waals surface area contributed by atoms with E-state index in [9.17, 15) is 9.59 Å². The summed E-state index contributed by atoms with van der Waals surface area (Å²) in [6, 6.07) is 10.2. The van der Waals surface area contributed by atoms with Gasteiger partial charge in [0.1, 0.15) is 5.60 Å². The molecule has 0 unspecified atom stereocenters. The zero-order chi connectivity index (χ0) is 20.9. The molecule has 0 amide bonds. The number of ether oxygens (including phenoxy) is 2. The highest BCUT2D eigenvalue weighted by atomic mass is 16.6. The topological polar surface area (TPSA) is 64.6 Å². The summed E-state index contributed by atoms with van der Waals surface area (Å²) in [7, 11) is 0. The van der Waals surface area contributed by atoms with E-state index in [4.69, 9.17) is 9.47 Å². The third kappa shape index (κ3) is 6.62. The Bertz CT molecular complexity index is 650. The van der Waals surface area contributed by atoms with Gasteiger partial charge in [-0.15, -0.1) is 0 Å². The molecule has 1 fully saturated rings. The molecule has 1 N–H and O–H groups in total. The molecule has 0 heterocycles. The average molecular weight is 390 g/mol. The zero-order valence-electron chi connectivity index (χ0n) is 18.0. The van der Waals surface area contributed by atoms with Gasteiger partial charge in [-0.3, -0.25) is 9.59 Å². The lowest BCUT2D eigenvalue weighted by atomic mass is 9.77. The predicted octanol–water partition coefficient (Wildman–Crippen LogP) is 4.42. The Morgan fingerprint density at radius 3 is 2.25 bits per heavy atom. The molecule has 1 aromatic carbocycles. The summed E-state index contributed by atoms with van der Waals surface area (Å²) in [5, 5.41) is 3.59. The van der Waals surface area contributed by atoms with Crippen LogP contribution in [0, 0.1) is 11.8 Å². The lowest BCUT2D eigenvalue weighted by Crippen LogP contribution is -2.47. The summed E-state index contributed by atoms with van der Waals surface area (Å²) >= 11 is 0. The number of hydrogen-bond donors (Lipinski definition) is 1. The number of nitrogens with one attached hydrogen (secondary N) is 1. The van der Waals surface area contributed by atoms with Crippen molar-refractivity contribution in [3.8, 4) is 0 Å². The van der Waals surface area contributed by atoms with E-state index in [-0.39, 0.29) is 42.0 Å². The van der Waals surface area contributed by atoms with Gasteiger partial charge in [0.15, 0.2) is 0 Å². The quantitative estimate of drug-likeness (QED) is 0.730. The molecule has 0 saturated heterocycles. The van der Waals surface area contributed by atoms with E-state index in [2.05, 4.69) is 24.4 Å². The zero-order valence-corrected chi connectivity index (χ0v) is 18.0. The third-order valence-electron chi connectivity index (χ3n) is 5.01. The van der Waals surface area contributed by atoms with Crippen LogP contribution in [0.15, 0.2) is 30.3 Å². The van der Waals surface area contributed by atoms with Gasteiger partial charge >= 0.3 is 11.9 Å². The number of benzene rings is 1. The fraction of sp³-hybridized carbons (Fsp3) is 0.652. The van der Waals surface area contributed by atoms with Crippen LogP contribution < -0.4 is 5.32 Å². The molecule has 1 aromatic rings. The van der Waals surface area contributed by atoms with Crippen LogP contribution in [-0.2, 0) is 19.1 Å². The van der Waals surface area contributed by atoms with Crippen LogP contribution in [-0.4, -0.2) is 29.7 Å². The lowest BCUT2D eigenvalue weighted by Gasteiger charge is -2.37. The highest BCUT2D eigenvalue weighted by molar-refractivity contribution is 5.77. The Balaban J connectivity index is 2.11. The first-order valence-corrected chi connectivity index (χ1v) is 10.3. The number of carbonyl (C=O) groups is 2. The first-order valence-electron chi connectivity index (χ1n) is 10.3. The molecule has 1 saturated carbocycles. The summed E-state index contributed by atoms with van der Waals surface area (Å²) in [5.41, 5.74) is 0.648. The van der Waals surface area contributed by atoms with Crippen molar-refractivity contribution in [1.82, 2.24) is 5.32 Å². The van der Waals surface area contributed by atoms with Crippen molar-refractivity contribution in [3.63, 3.8) is 0 Å². The Morgan fingerprint density at radius 2 is 1.68 bits per heavy atom. The summed E-state index contributed by atoms with van der Waals surface area (Å²) < 4.78 is 11.1. The van der Waals surface area contributed by atoms with Crippen LogP contribution in [0.25, 0.3) is 0 Å². The molecule has 4 atom stereocenters. The lowest BCUT2D eigenvalue weighted by molar-refractivity contribution is -0.164. The molecular formula is C23H35NO4. The van der Waals surface area contributed by atoms with Gasteiger partial charge in [-0.05, 0) is 66.4 Å². The summed E-state index contributed by atoms with van der Waals surface area (Å²) in [6.45, 7) is 11.4. The second-order valence-corrected chi connectivity index (χ2v) is 9.04. The molecule has 1 aliphatic carbocycles. The molecule has 156 valence electrons. The number of hydrogen-bond acceptors (Lipinski definition) is 5. The molecule has 5 heteroatoms. The smallest absolute Gasteiger partial charge is 0.310 e. The van der Waals surface area contributed by atoms with Crippen LogP contribution in [0.1, 0.15) is 72.4 Å². The molecule has 28 heavy (non-hydrogen) atoms. The van der Waals surface area contributed by atoms with Crippen LogP contribution in [0.2, 0.25) is 0 Å². The highest BCUT2D eigenvalue weighted by Crippen LogP contribution is 2.33. The summed E-state index contributed by atoms with van der Waals surface area (Å²) in [4.78, 5) is 25.3. The predicted molar refractivity (Wildman–Crippen MR) is 110 cm³/mol. The number of esters is 2. The van der Waals surface area contributed by atoms with Gasteiger partial charge in [0.2, 0.25) is 0 Å². The summed E-state index contributed by atoms with van der Waals surface area (Å²) in [5.74, 6) is -1.08. The van der Waals surface area contributed by atoms with Gasteiger partial charge in [0.25, 0.3) is 0 Å². The van der Waals surface area contributed by atoms with Gasteiger partial charge < -0.3 is 14.8 Å². The average Bonchev–Trinajstić information content (AvgIpc) is 2.60. The monoisotopic (exact) mass is 389 g/mol. The normalized spacial score (nSPS) is 23.9. The maximum atomic E-state index is 12.8. The van der Waals surface area contributed by atoms with Crippen LogP contribution in [0.4, 0.5) is 0 Å². The van der Waals surface area contributed by atoms with E-state index in [1.807, 2.05) is 52.8 Å². The fourth-order valence-corrected chi connectivity index (χ4v) is 3.71. The minimum atomic E-state index is -0.526. The van der Waals surface area contributed by atoms with Crippen LogP contribution >= 0.6 is 0 Å². The second kappa shape index (κ2) is 9.55. The van der Waals surface area contributed by atoms with E-state index in [0.29, 0.717) is 12.8 Å². The molecule has 0 aromatic heterocycles. The van der Waals surface area contributed by atoms with E-state index in [0.717, 1.165) is 6.42 Å². The van der Waals surface area contributed by atoms with E-state index in [1.165, 1.54) is 5.56 Å². The van der Waals surface area contributed by atoms with Crippen molar-refractivity contribution >= 4 is 11.9 Å². The molecule has 0 bridgehead atoms. The van der Waals surface area contributed by atoms with Crippen LogP contribution in [0.3, 0.4) is 0 Å². The largest absolute Gasteiger partial charge is 0.463 e. The van der Waals surface area contributed by atoms with Gasteiger partial charge in [-0.25, -0.2) is 0 Å². The molecule has 0 aliphatic heterocycles. The third-order valence-corrected chi connectivity index (χ3v) is 5.01. The van der Waals surface area contributed by atoms with Crippen molar-refractivity contribution in [2.75, 3.05) is 0 Å². The molecule has 5 nitrogen and oxygen atoms in total. The Hall–Kier alpha value is -1.88. The molecule has 0 spiro atoms. The van der Waals surface area contributed by atoms with Crippen molar-refractivity contribution in [2.45, 2.75) is 84.6 Å². The molecule has 1 aliphatic rings. The Morgan fingerprint density at radius 1 is 1.04 bits per heavy atom. The molecule has 2 rings (SSSR count). The van der Waals surface area contributed by atoms with Gasteiger partial charge in [0, 0.05) is 12.1 Å². The van der Waals surface area contributed by atoms with Gasteiger partial charge in [0.05, 0.1) is 17.9 Å². The van der Waals surface area contributed by atoms with Crippen molar-refractivity contribution in [2.24, 2.45) is 11.8 Å². The Labute approximate surface area is 169 Å². The Kier molecular flexibility index (Phi) is 7.64. The van der Waals surface area contributed by atoms with E-state index >= 15 is 0 Å². The first kappa shape index (κ1) is 22.4. The number of rotatable bonds is 6. The highest BCUT2D eigenvalue weighted by Gasteiger charge is 2.40.